The molecule has 1 N–H and O–H groups in total. The Kier molecular flexibility index (Phi) is 4.92. The van der Waals surface area contributed by atoms with E-state index in [2.05, 4.69) is 5.32 Å². The van der Waals surface area contributed by atoms with Gasteiger partial charge in [-0.05, 0) is 49.4 Å². The Morgan fingerprint density at radius 2 is 2.00 bits per heavy atom. The molecule has 23 heavy (non-hydrogen) atoms. The van der Waals surface area contributed by atoms with Gasteiger partial charge >= 0.3 is 0 Å². The fourth-order valence-electron chi connectivity index (χ4n) is 2.46. The number of furan rings is 1. The number of rotatable bonds is 4. The molecule has 2 heterocycles. The topological polar surface area (TPSA) is 54.7 Å². The molecular formula is C17H19FN2O3. The number of carbonyl (C=O) groups is 1. The maximum Gasteiger partial charge on any atom is 0.289 e. The molecule has 5 nitrogen and oxygen atoms in total. The molecule has 0 radical (unpaired) electrons. The third-order valence-corrected chi connectivity index (χ3v) is 3.69. The van der Waals surface area contributed by atoms with E-state index in [1.165, 1.54) is 12.1 Å². The van der Waals surface area contributed by atoms with E-state index >= 15 is 0 Å². The van der Waals surface area contributed by atoms with Gasteiger partial charge in [-0.1, -0.05) is 0 Å². The van der Waals surface area contributed by atoms with Crippen molar-refractivity contribution in [2.24, 2.45) is 0 Å². The summed E-state index contributed by atoms with van der Waals surface area (Å²) in [6.45, 7) is 3.33. The van der Waals surface area contributed by atoms with E-state index in [9.17, 15) is 9.18 Å². The normalized spacial score (nSPS) is 15.3. The van der Waals surface area contributed by atoms with Crippen LogP contribution in [0.4, 0.5) is 4.39 Å². The van der Waals surface area contributed by atoms with Gasteiger partial charge in [-0.15, -0.1) is 0 Å². The second-order valence-electron chi connectivity index (χ2n) is 5.40. The van der Waals surface area contributed by atoms with Crippen LogP contribution in [-0.4, -0.2) is 37.0 Å². The molecule has 1 aromatic carbocycles. The Hall–Kier alpha value is -2.34. The van der Waals surface area contributed by atoms with E-state index < -0.39 is 0 Å². The average molecular weight is 318 g/mol. The second kappa shape index (κ2) is 7.28. The van der Waals surface area contributed by atoms with E-state index in [1.807, 2.05) is 0 Å². The zero-order valence-corrected chi connectivity index (χ0v) is 12.8. The predicted octanol–water partition coefficient (Wildman–Crippen LogP) is 2.43. The lowest BCUT2D eigenvalue weighted by molar-refractivity contribution is 0.0730. The first-order chi connectivity index (χ1) is 11.2. The summed E-state index contributed by atoms with van der Waals surface area (Å²) in [5.74, 6) is 1.03. The summed E-state index contributed by atoms with van der Waals surface area (Å²) in [5.41, 5.74) is 0. The highest BCUT2D eigenvalue weighted by molar-refractivity contribution is 5.91. The molecule has 0 unspecified atom stereocenters. The largest absolute Gasteiger partial charge is 0.486 e. The molecule has 1 aliphatic rings. The summed E-state index contributed by atoms with van der Waals surface area (Å²) >= 11 is 0. The van der Waals surface area contributed by atoms with Gasteiger partial charge in [-0.3, -0.25) is 4.79 Å². The van der Waals surface area contributed by atoms with Crippen molar-refractivity contribution in [3.63, 3.8) is 0 Å². The van der Waals surface area contributed by atoms with Crippen LogP contribution in [0.25, 0.3) is 0 Å². The minimum atomic E-state index is -0.310. The number of nitrogens with zero attached hydrogens (tertiary/aromatic N) is 1. The maximum absolute atomic E-state index is 12.8. The number of benzene rings is 1. The van der Waals surface area contributed by atoms with Crippen LogP contribution in [0.1, 0.15) is 22.7 Å². The van der Waals surface area contributed by atoms with Gasteiger partial charge in [-0.2, -0.15) is 0 Å². The van der Waals surface area contributed by atoms with Gasteiger partial charge in [0.2, 0.25) is 0 Å². The highest BCUT2D eigenvalue weighted by Crippen LogP contribution is 2.16. The van der Waals surface area contributed by atoms with Crippen LogP contribution in [0.2, 0.25) is 0 Å². The third-order valence-electron chi connectivity index (χ3n) is 3.69. The van der Waals surface area contributed by atoms with Crippen LogP contribution in [-0.2, 0) is 6.61 Å². The first-order valence-electron chi connectivity index (χ1n) is 7.69. The van der Waals surface area contributed by atoms with Crippen molar-refractivity contribution < 1.29 is 18.3 Å². The number of hydrogen-bond acceptors (Lipinski definition) is 4. The van der Waals surface area contributed by atoms with E-state index in [-0.39, 0.29) is 18.3 Å². The number of ether oxygens (including phenoxy) is 1. The monoisotopic (exact) mass is 318 g/mol. The van der Waals surface area contributed by atoms with Crippen molar-refractivity contribution >= 4 is 5.91 Å². The first kappa shape index (κ1) is 15.6. The number of carbonyl (C=O) groups excluding carboxylic acids is 1. The summed E-state index contributed by atoms with van der Waals surface area (Å²) < 4.78 is 23.9. The van der Waals surface area contributed by atoms with Crippen molar-refractivity contribution in [2.75, 3.05) is 26.2 Å². The predicted molar refractivity (Wildman–Crippen MR) is 82.8 cm³/mol. The van der Waals surface area contributed by atoms with Crippen molar-refractivity contribution in [3.05, 3.63) is 53.7 Å². The lowest BCUT2D eigenvalue weighted by Gasteiger charge is -2.18. The maximum atomic E-state index is 12.8. The summed E-state index contributed by atoms with van der Waals surface area (Å²) in [6.07, 6.45) is 0.937. The fraction of sp³-hybridized carbons (Fsp3) is 0.353. The van der Waals surface area contributed by atoms with Crippen LogP contribution in [0.3, 0.4) is 0 Å². The Morgan fingerprint density at radius 1 is 1.17 bits per heavy atom. The van der Waals surface area contributed by atoms with Gasteiger partial charge in [0.05, 0.1) is 0 Å². The van der Waals surface area contributed by atoms with Gasteiger partial charge in [0.25, 0.3) is 5.91 Å². The van der Waals surface area contributed by atoms with Crippen LogP contribution in [0.15, 0.2) is 40.8 Å². The molecule has 2 aromatic rings. The molecule has 122 valence electrons. The molecule has 1 fully saturated rings. The van der Waals surface area contributed by atoms with E-state index in [4.69, 9.17) is 9.15 Å². The van der Waals surface area contributed by atoms with Gasteiger partial charge in [-0.25, -0.2) is 4.39 Å². The molecule has 6 heteroatoms. The lowest BCUT2D eigenvalue weighted by Crippen LogP contribution is -2.33. The molecule has 1 saturated heterocycles. The third kappa shape index (κ3) is 4.10. The highest BCUT2D eigenvalue weighted by Gasteiger charge is 2.20. The molecule has 0 saturated carbocycles. The summed E-state index contributed by atoms with van der Waals surface area (Å²) in [7, 11) is 0. The molecule has 1 aliphatic heterocycles. The van der Waals surface area contributed by atoms with Crippen LogP contribution in [0.5, 0.6) is 5.75 Å². The van der Waals surface area contributed by atoms with Crippen LogP contribution >= 0.6 is 0 Å². The van der Waals surface area contributed by atoms with Crippen molar-refractivity contribution in [3.8, 4) is 5.75 Å². The van der Waals surface area contributed by atoms with E-state index in [1.54, 1.807) is 29.2 Å². The van der Waals surface area contributed by atoms with Crippen molar-refractivity contribution in [1.29, 1.82) is 0 Å². The van der Waals surface area contributed by atoms with Crippen LogP contribution < -0.4 is 10.1 Å². The second-order valence-corrected chi connectivity index (χ2v) is 5.40. The van der Waals surface area contributed by atoms with Gasteiger partial charge in [0.1, 0.15) is 23.9 Å². The van der Waals surface area contributed by atoms with Gasteiger partial charge < -0.3 is 19.4 Å². The number of amides is 1. The molecule has 1 aromatic heterocycles. The fourth-order valence-corrected chi connectivity index (χ4v) is 2.46. The Morgan fingerprint density at radius 3 is 2.83 bits per heavy atom. The van der Waals surface area contributed by atoms with E-state index in [0.29, 0.717) is 23.8 Å². The lowest BCUT2D eigenvalue weighted by atomic mass is 10.3. The zero-order chi connectivity index (χ0) is 16.1. The zero-order valence-electron chi connectivity index (χ0n) is 12.8. The molecule has 1 amide bonds. The number of nitrogens with one attached hydrogen (secondary N) is 1. The SMILES string of the molecule is O=C(c1ccc(COc2ccc(F)cc2)o1)N1CCCNCC1. The van der Waals surface area contributed by atoms with Crippen LogP contribution in [0, 0.1) is 5.82 Å². The summed E-state index contributed by atoms with van der Waals surface area (Å²) in [4.78, 5) is 14.2. The van der Waals surface area contributed by atoms with E-state index in [0.717, 1.165) is 26.1 Å². The molecular weight excluding hydrogens is 299 g/mol. The Labute approximate surface area is 134 Å². The molecule has 0 aliphatic carbocycles. The number of halogens is 1. The standard InChI is InChI=1S/C17H19FN2O3/c18-13-2-4-14(5-3-13)22-12-15-6-7-16(23-15)17(21)20-10-1-8-19-9-11-20/h2-7,19H,1,8-12H2. The minimum absolute atomic E-state index is 0.0956. The number of hydrogen-bond donors (Lipinski definition) is 1. The first-order valence-corrected chi connectivity index (χ1v) is 7.69. The van der Waals surface area contributed by atoms with Gasteiger partial charge in [0, 0.05) is 19.6 Å². The summed E-state index contributed by atoms with van der Waals surface area (Å²) in [5, 5.41) is 3.26. The van der Waals surface area contributed by atoms with Crippen molar-refractivity contribution in [1.82, 2.24) is 10.2 Å². The van der Waals surface area contributed by atoms with Gasteiger partial charge in [0.15, 0.2) is 5.76 Å². The molecule has 0 atom stereocenters. The summed E-state index contributed by atoms with van der Waals surface area (Å²) in [6, 6.07) is 9.17. The molecule has 3 rings (SSSR count). The quantitative estimate of drug-likeness (QED) is 0.941. The Balaban J connectivity index is 1.58. The minimum Gasteiger partial charge on any atom is -0.486 e. The molecule has 0 bridgehead atoms. The van der Waals surface area contributed by atoms with Crippen molar-refractivity contribution in [2.45, 2.75) is 13.0 Å². The smallest absolute Gasteiger partial charge is 0.289 e. The Bertz CT molecular complexity index is 646. The average Bonchev–Trinajstić information content (AvgIpc) is 2.87. The highest BCUT2D eigenvalue weighted by atomic mass is 19.1. The molecule has 0 spiro atoms.